The van der Waals surface area contributed by atoms with Crippen molar-refractivity contribution in [3.8, 4) is 0 Å². The number of aryl methyl sites for hydroxylation is 2. The zero-order valence-electron chi connectivity index (χ0n) is 9.59. The molecule has 1 aromatic carbocycles. The summed E-state index contributed by atoms with van der Waals surface area (Å²) in [4.78, 5) is 2.25. The molecule has 2 heteroatoms. The smallest absolute Gasteiger partial charge is 0.0478 e. The zero-order chi connectivity index (χ0) is 10.6. The lowest BCUT2D eigenvalue weighted by Gasteiger charge is -2.16. The van der Waals surface area contributed by atoms with Crippen LogP contribution in [0.15, 0.2) is 18.2 Å². The summed E-state index contributed by atoms with van der Waals surface area (Å²) < 4.78 is 0. The second-order valence-electron chi connectivity index (χ2n) is 3.94. The Morgan fingerprint density at radius 3 is 2.50 bits per heavy atom. The SMILES string of the molecule is CNCN(C)Cc1ccc(C)c(C)c1. The maximum atomic E-state index is 3.14. The van der Waals surface area contributed by atoms with E-state index >= 15 is 0 Å². The molecule has 2 nitrogen and oxygen atoms in total. The predicted octanol–water partition coefficient (Wildman–Crippen LogP) is 1.91. The molecule has 0 bridgehead atoms. The molecule has 1 rings (SSSR count). The van der Waals surface area contributed by atoms with Crippen LogP contribution in [0.3, 0.4) is 0 Å². The molecular weight excluding hydrogens is 172 g/mol. The van der Waals surface area contributed by atoms with Gasteiger partial charge in [-0.1, -0.05) is 18.2 Å². The summed E-state index contributed by atoms with van der Waals surface area (Å²) in [5.41, 5.74) is 4.12. The summed E-state index contributed by atoms with van der Waals surface area (Å²) in [5, 5.41) is 3.14. The monoisotopic (exact) mass is 192 g/mol. The van der Waals surface area contributed by atoms with Gasteiger partial charge in [-0.2, -0.15) is 0 Å². The molecule has 0 aromatic heterocycles. The summed E-state index contributed by atoms with van der Waals surface area (Å²) in [6.07, 6.45) is 0. The largest absolute Gasteiger partial charge is 0.307 e. The maximum Gasteiger partial charge on any atom is 0.0478 e. The molecule has 0 aliphatic heterocycles. The van der Waals surface area contributed by atoms with E-state index in [0.717, 1.165) is 13.2 Å². The van der Waals surface area contributed by atoms with Gasteiger partial charge in [-0.05, 0) is 44.6 Å². The van der Waals surface area contributed by atoms with Crippen LogP contribution in [0.4, 0.5) is 0 Å². The third-order valence-electron chi connectivity index (χ3n) is 2.45. The van der Waals surface area contributed by atoms with Crippen LogP contribution in [-0.2, 0) is 6.54 Å². The molecule has 0 saturated heterocycles. The fourth-order valence-corrected chi connectivity index (χ4v) is 1.54. The van der Waals surface area contributed by atoms with Crippen LogP contribution in [0.2, 0.25) is 0 Å². The quantitative estimate of drug-likeness (QED) is 0.733. The molecule has 0 fully saturated rings. The molecule has 0 unspecified atom stereocenters. The minimum absolute atomic E-state index is 0.924. The lowest BCUT2D eigenvalue weighted by Crippen LogP contribution is -2.28. The van der Waals surface area contributed by atoms with Crippen molar-refractivity contribution >= 4 is 0 Å². The first-order valence-corrected chi connectivity index (χ1v) is 5.02. The molecule has 1 N–H and O–H groups in total. The van der Waals surface area contributed by atoms with E-state index in [1.165, 1.54) is 16.7 Å². The minimum atomic E-state index is 0.924. The van der Waals surface area contributed by atoms with Gasteiger partial charge < -0.3 is 5.32 Å². The first-order chi connectivity index (χ1) is 6.63. The normalized spacial score (nSPS) is 10.9. The highest BCUT2D eigenvalue weighted by Gasteiger charge is 2.00. The van der Waals surface area contributed by atoms with Gasteiger partial charge in [-0.3, -0.25) is 4.90 Å². The highest BCUT2D eigenvalue weighted by Crippen LogP contribution is 2.10. The van der Waals surface area contributed by atoms with Gasteiger partial charge in [0.15, 0.2) is 0 Å². The first kappa shape index (κ1) is 11.2. The Morgan fingerprint density at radius 1 is 1.21 bits per heavy atom. The topological polar surface area (TPSA) is 15.3 Å². The van der Waals surface area contributed by atoms with Crippen LogP contribution in [0.1, 0.15) is 16.7 Å². The van der Waals surface area contributed by atoms with Crippen molar-refractivity contribution in [3.63, 3.8) is 0 Å². The number of nitrogens with zero attached hydrogens (tertiary/aromatic N) is 1. The number of hydrogen-bond acceptors (Lipinski definition) is 2. The van der Waals surface area contributed by atoms with Crippen LogP contribution in [0.25, 0.3) is 0 Å². The Labute approximate surface area is 86.9 Å². The Kier molecular flexibility index (Phi) is 4.11. The average molecular weight is 192 g/mol. The van der Waals surface area contributed by atoms with E-state index in [2.05, 4.69) is 49.3 Å². The van der Waals surface area contributed by atoms with E-state index in [0.29, 0.717) is 0 Å². The summed E-state index contributed by atoms with van der Waals surface area (Å²) in [6.45, 7) is 6.24. The number of rotatable bonds is 4. The van der Waals surface area contributed by atoms with Gasteiger partial charge in [0.2, 0.25) is 0 Å². The molecule has 0 aliphatic rings. The van der Waals surface area contributed by atoms with Crippen molar-refractivity contribution in [2.75, 3.05) is 20.8 Å². The second-order valence-corrected chi connectivity index (χ2v) is 3.94. The third-order valence-corrected chi connectivity index (χ3v) is 2.45. The molecule has 1 aromatic rings. The van der Waals surface area contributed by atoms with Crippen LogP contribution in [-0.4, -0.2) is 25.7 Å². The lowest BCUT2D eigenvalue weighted by molar-refractivity contribution is 0.310. The molecule has 0 radical (unpaired) electrons. The van der Waals surface area contributed by atoms with Crippen molar-refractivity contribution in [3.05, 3.63) is 34.9 Å². The van der Waals surface area contributed by atoms with Crippen molar-refractivity contribution < 1.29 is 0 Å². The molecule has 0 heterocycles. The van der Waals surface area contributed by atoms with Crippen molar-refractivity contribution in [1.29, 1.82) is 0 Å². The molecular formula is C12H20N2. The summed E-state index contributed by atoms with van der Waals surface area (Å²) in [7, 11) is 4.09. The maximum absolute atomic E-state index is 3.14. The highest BCUT2D eigenvalue weighted by molar-refractivity contribution is 5.29. The van der Waals surface area contributed by atoms with Crippen LogP contribution in [0.5, 0.6) is 0 Å². The second kappa shape index (κ2) is 5.13. The fraction of sp³-hybridized carbons (Fsp3) is 0.500. The fourth-order valence-electron chi connectivity index (χ4n) is 1.54. The molecule has 14 heavy (non-hydrogen) atoms. The Bertz CT molecular complexity index is 294. The average Bonchev–Trinajstić information content (AvgIpc) is 2.12. The molecule has 0 aliphatic carbocycles. The van der Waals surface area contributed by atoms with E-state index in [1.54, 1.807) is 0 Å². The van der Waals surface area contributed by atoms with Gasteiger partial charge in [0, 0.05) is 13.2 Å². The molecule has 78 valence electrons. The molecule has 0 spiro atoms. The standard InChI is InChI=1S/C12H20N2/c1-10-5-6-12(7-11(10)2)8-14(4)9-13-3/h5-7,13H,8-9H2,1-4H3. The van der Waals surface area contributed by atoms with Crippen molar-refractivity contribution in [2.24, 2.45) is 0 Å². The summed E-state index contributed by atoms with van der Waals surface area (Å²) in [5.74, 6) is 0. The van der Waals surface area contributed by atoms with Crippen LogP contribution in [0, 0.1) is 13.8 Å². The lowest BCUT2D eigenvalue weighted by atomic mass is 10.1. The number of nitrogens with one attached hydrogen (secondary N) is 1. The van der Waals surface area contributed by atoms with Crippen molar-refractivity contribution in [2.45, 2.75) is 20.4 Å². The van der Waals surface area contributed by atoms with Crippen LogP contribution >= 0.6 is 0 Å². The van der Waals surface area contributed by atoms with Gasteiger partial charge in [-0.25, -0.2) is 0 Å². The zero-order valence-corrected chi connectivity index (χ0v) is 9.59. The van der Waals surface area contributed by atoms with Gasteiger partial charge in [-0.15, -0.1) is 0 Å². The van der Waals surface area contributed by atoms with Crippen LogP contribution < -0.4 is 5.32 Å². The van der Waals surface area contributed by atoms with Gasteiger partial charge in [0.05, 0.1) is 0 Å². The van der Waals surface area contributed by atoms with E-state index < -0.39 is 0 Å². The number of benzene rings is 1. The number of hydrogen-bond donors (Lipinski definition) is 1. The Morgan fingerprint density at radius 2 is 1.93 bits per heavy atom. The summed E-state index contributed by atoms with van der Waals surface area (Å²) in [6, 6.07) is 6.66. The van der Waals surface area contributed by atoms with E-state index in [4.69, 9.17) is 0 Å². The summed E-state index contributed by atoms with van der Waals surface area (Å²) >= 11 is 0. The van der Waals surface area contributed by atoms with Gasteiger partial charge >= 0.3 is 0 Å². The molecule has 0 atom stereocenters. The van der Waals surface area contributed by atoms with Crippen molar-refractivity contribution in [1.82, 2.24) is 10.2 Å². The highest BCUT2D eigenvalue weighted by atomic mass is 15.2. The molecule has 0 saturated carbocycles. The van der Waals surface area contributed by atoms with E-state index in [1.807, 2.05) is 7.05 Å². The predicted molar refractivity (Wildman–Crippen MR) is 61.3 cm³/mol. The molecule has 0 amide bonds. The van der Waals surface area contributed by atoms with E-state index in [-0.39, 0.29) is 0 Å². The Hall–Kier alpha value is -0.860. The Balaban J connectivity index is 2.63. The van der Waals surface area contributed by atoms with E-state index in [9.17, 15) is 0 Å². The van der Waals surface area contributed by atoms with Gasteiger partial charge in [0.25, 0.3) is 0 Å². The third kappa shape index (κ3) is 3.13. The minimum Gasteiger partial charge on any atom is -0.307 e. The van der Waals surface area contributed by atoms with Gasteiger partial charge in [0.1, 0.15) is 0 Å². The first-order valence-electron chi connectivity index (χ1n) is 5.02.